The summed E-state index contributed by atoms with van der Waals surface area (Å²) in [6, 6.07) is 5.14. The summed E-state index contributed by atoms with van der Waals surface area (Å²) in [4.78, 5) is 24.0. The first-order valence-corrected chi connectivity index (χ1v) is 6.94. The number of nitrogens with zero attached hydrogens (tertiary/aromatic N) is 2. The molecule has 0 spiro atoms. The molecule has 7 heteroatoms. The molecule has 0 aromatic heterocycles. The first-order valence-electron chi connectivity index (χ1n) is 6.94. The third-order valence-electron chi connectivity index (χ3n) is 3.88. The van der Waals surface area contributed by atoms with Crippen molar-refractivity contribution < 1.29 is 9.72 Å². The summed E-state index contributed by atoms with van der Waals surface area (Å²) in [6.07, 6.45) is 2.43. The summed E-state index contributed by atoms with van der Waals surface area (Å²) < 4.78 is 0. The molecule has 114 valence electrons. The van der Waals surface area contributed by atoms with E-state index in [4.69, 9.17) is 5.73 Å². The highest BCUT2D eigenvalue weighted by atomic mass is 16.6. The number of nitrogens with two attached hydrogens (primary N) is 1. The van der Waals surface area contributed by atoms with Crippen LogP contribution >= 0.6 is 0 Å². The van der Waals surface area contributed by atoms with Crippen molar-refractivity contribution in [3.05, 3.63) is 33.9 Å². The second kappa shape index (κ2) is 6.09. The van der Waals surface area contributed by atoms with Crippen LogP contribution in [0.25, 0.3) is 0 Å². The Hall–Kier alpha value is -2.15. The second-order valence-electron chi connectivity index (χ2n) is 5.48. The number of hydrogen-bond acceptors (Lipinski definition) is 5. The number of amides is 1. The summed E-state index contributed by atoms with van der Waals surface area (Å²) in [5.41, 5.74) is 5.55. The average molecular weight is 292 g/mol. The summed E-state index contributed by atoms with van der Waals surface area (Å²) in [5, 5.41) is 14.2. The van der Waals surface area contributed by atoms with Crippen molar-refractivity contribution in [1.82, 2.24) is 4.90 Å². The minimum Gasteiger partial charge on any atom is -0.378 e. The molecule has 1 atom stereocenters. The Morgan fingerprint density at radius 3 is 2.76 bits per heavy atom. The van der Waals surface area contributed by atoms with E-state index in [0.29, 0.717) is 18.3 Å². The Balaban J connectivity index is 2.08. The van der Waals surface area contributed by atoms with E-state index in [-0.39, 0.29) is 17.3 Å². The maximum Gasteiger partial charge on any atom is 0.293 e. The lowest BCUT2D eigenvalue weighted by atomic mass is 10.1. The van der Waals surface area contributed by atoms with Crippen LogP contribution in [0.4, 0.5) is 11.4 Å². The minimum absolute atomic E-state index is 0.132. The minimum atomic E-state index is -0.675. The first kappa shape index (κ1) is 15.2. The number of primary amides is 1. The molecule has 0 saturated heterocycles. The summed E-state index contributed by atoms with van der Waals surface area (Å²) in [7, 11) is 2.06. The van der Waals surface area contributed by atoms with Crippen molar-refractivity contribution in [2.45, 2.75) is 31.8 Å². The Bertz CT molecular complexity index is 557. The maximum atomic E-state index is 11.1. The molecule has 0 radical (unpaired) electrons. The molecule has 1 unspecified atom stereocenters. The van der Waals surface area contributed by atoms with Gasteiger partial charge in [0.15, 0.2) is 0 Å². The molecule has 3 N–H and O–H groups in total. The van der Waals surface area contributed by atoms with Gasteiger partial charge >= 0.3 is 0 Å². The van der Waals surface area contributed by atoms with Crippen molar-refractivity contribution in [3.63, 3.8) is 0 Å². The largest absolute Gasteiger partial charge is 0.378 e. The lowest BCUT2D eigenvalue weighted by Crippen LogP contribution is -2.36. The highest BCUT2D eigenvalue weighted by Crippen LogP contribution is 2.28. The van der Waals surface area contributed by atoms with Gasteiger partial charge in [-0.2, -0.15) is 0 Å². The van der Waals surface area contributed by atoms with Gasteiger partial charge in [-0.25, -0.2) is 0 Å². The summed E-state index contributed by atoms with van der Waals surface area (Å²) in [6.45, 7) is 2.68. The van der Waals surface area contributed by atoms with Crippen molar-refractivity contribution in [1.29, 1.82) is 0 Å². The molecule has 21 heavy (non-hydrogen) atoms. The standard InChI is InChI=1S/C14H20N4O3/c1-9(17(2)11-4-5-11)8-16-12-6-3-10(14(15)19)7-13(12)18(20)21/h3,6-7,9,11,16H,4-5,8H2,1-2H3,(H2,15,19). The number of likely N-dealkylation sites (N-methyl/N-ethyl adjacent to an activating group) is 1. The fourth-order valence-corrected chi connectivity index (χ4v) is 2.23. The van der Waals surface area contributed by atoms with Gasteiger partial charge in [0.1, 0.15) is 5.69 Å². The number of hydrogen-bond donors (Lipinski definition) is 2. The monoisotopic (exact) mass is 292 g/mol. The van der Waals surface area contributed by atoms with Gasteiger partial charge in [0.2, 0.25) is 5.91 Å². The van der Waals surface area contributed by atoms with Crippen molar-refractivity contribution >= 4 is 17.3 Å². The number of rotatable bonds is 7. The predicted molar refractivity (Wildman–Crippen MR) is 80.4 cm³/mol. The average Bonchev–Trinajstić information content (AvgIpc) is 3.27. The molecule has 0 heterocycles. The van der Waals surface area contributed by atoms with Crippen LogP contribution in [0.3, 0.4) is 0 Å². The van der Waals surface area contributed by atoms with Gasteiger partial charge < -0.3 is 11.1 Å². The van der Waals surface area contributed by atoms with Crippen LogP contribution in [0, 0.1) is 10.1 Å². The van der Waals surface area contributed by atoms with Crippen molar-refractivity contribution in [3.8, 4) is 0 Å². The van der Waals surface area contributed by atoms with E-state index in [9.17, 15) is 14.9 Å². The zero-order valence-corrected chi connectivity index (χ0v) is 12.2. The van der Waals surface area contributed by atoms with Crippen molar-refractivity contribution in [2.24, 2.45) is 5.73 Å². The molecule has 1 aliphatic rings. The van der Waals surface area contributed by atoms with E-state index < -0.39 is 10.8 Å². The van der Waals surface area contributed by atoms with Crippen LogP contribution in [0.1, 0.15) is 30.1 Å². The van der Waals surface area contributed by atoms with Gasteiger partial charge in [0.05, 0.1) is 4.92 Å². The molecule has 2 rings (SSSR count). The van der Waals surface area contributed by atoms with Crippen LogP contribution in [-0.4, -0.2) is 41.4 Å². The fourth-order valence-electron chi connectivity index (χ4n) is 2.23. The Labute approximate surface area is 123 Å². The molecule has 1 aliphatic carbocycles. The van der Waals surface area contributed by atoms with Gasteiger partial charge in [-0.3, -0.25) is 19.8 Å². The maximum absolute atomic E-state index is 11.1. The quantitative estimate of drug-likeness (QED) is 0.587. The number of benzene rings is 1. The third kappa shape index (κ3) is 3.69. The topological polar surface area (TPSA) is 101 Å². The molecule has 1 fully saturated rings. The predicted octanol–water partition coefficient (Wildman–Crippen LogP) is 1.59. The Kier molecular flexibility index (Phi) is 4.42. The van der Waals surface area contributed by atoms with Gasteiger partial charge in [-0.15, -0.1) is 0 Å². The number of nitro benzene ring substituents is 1. The van der Waals surface area contributed by atoms with E-state index in [1.165, 1.54) is 31.0 Å². The first-order chi connectivity index (χ1) is 9.90. The smallest absolute Gasteiger partial charge is 0.293 e. The molecule has 0 bridgehead atoms. The molecule has 1 amide bonds. The number of nitro groups is 1. The van der Waals surface area contributed by atoms with Crippen LogP contribution in [0.2, 0.25) is 0 Å². The van der Waals surface area contributed by atoms with Crippen LogP contribution in [0.5, 0.6) is 0 Å². The van der Waals surface area contributed by atoms with E-state index in [2.05, 4.69) is 24.2 Å². The van der Waals surface area contributed by atoms with Crippen molar-refractivity contribution in [2.75, 3.05) is 18.9 Å². The SMILES string of the molecule is CC(CNc1ccc(C(N)=O)cc1[N+](=O)[O-])N(C)C1CC1. The molecular formula is C14H20N4O3. The number of nitrogens with one attached hydrogen (secondary N) is 1. The van der Waals surface area contributed by atoms with Crippen LogP contribution in [-0.2, 0) is 0 Å². The molecule has 7 nitrogen and oxygen atoms in total. The number of carbonyl (C=O) groups excluding carboxylic acids is 1. The lowest BCUT2D eigenvalue weighted by Gasteiger charge is -2.25. The highest BCUT2D eigenvalue weighted by molar-refractivity contribution is 5.94. The van der Waals surface area contributed by atoms with Crippen LogP contribution in [0.15, 0.2) is 18.2 Å². The fraction of sp³-hybridized carbons (Fsp3) is 0.500. The zero-order chi connectivity index (χ0) is 15.6. The lowest BCUT2D eigenvalue weighted by molar-refractivity contribution is -0.384. The third-order valence-corrected chi connectivity index (χ3v) is 3.88. The molecule has 0 aliphatic heterocycles. The van der Waals surface area contributed by atoms with E-state index in [1.807, 2.05) is 0 Å². The van der Waals surface area contributed by atoms with E-state index in [1.54, 1.807) is 0 Å². The zero-order valence-electron chi connectivity index (χ0n) is 12.2. The van der Waals surface area contributed by atoms with Gasteiger partial charge in [-0.05, 0) is 38.9 Å². The van der Waals surface area contributed by atoms with E-state index in [0.717, 1.165) is 0 Å². The normalized spacial score (nSPS) is 15.8. The molecule has 1 aromatic carbocycles. The van der Waals surface area contributed by atoms with Gasteiger partial charge in [-0.1, -0.05) is 0 Å². The van der Waals surface area contributed by atoms with E-state index >= 15 is 0 Å². The molecule has 1 saturated carbocycles. The van der Waals surface area contributed by atoms with Crippen LogP contribution < -0.4 is 11.1 Å². The number of carbonyl (C=O) groups is 1. The van der Waals surface area contributed by atoms with Gasteiger partial charge in [0.25, 0.3) is 5.69 Å². The number of anilines is 1. The molecular weight excluding hydrogens is 272 g/mol. The Morgan fingerprint density at radius 1 is 1.57 bits per heavy atom. The summed E-state index contributed by atoms with van der Waals surface area (Å²) in [5.74, 6) is -0.675. The Morgan fingerprint density at radius 2 is 2.24 bits per heavy atom. The second-order valence-corrected chi connectivity index (χ2v) is 5.48. The highest BCUT2D eigenvalue weighted by Gasteiger charge is 2.29. The van der Waals surface area contributed by atoms with Gasteiger partial charge in [0, 0.05) is 30.3 Å². The summed E-state index contributed by atoms with van der Waals surface area (Å²) >= 11 is 0. The molecule has 1 aromatic rings.